The highest BCUT2D eigenvalue weighted by Gasteiger charge is 2.32. The van der Waals surface area contributed by atoms with Crippen molar-refractivity contribution in [3.05, 3.63) is 51.8 Å². The van der Waals surface area contributed by atoms with Gasteiger partial charge in [0.05, 0.1) is 9.92 Å². The number of halogens is 2. The van der Waals surface area contributed by atoms with Crippen LogP contribution in [0.15, 0.2) is 44.3 Å². The zero-order valence-electron chi connectivity index (χ0n) is 14.0. The molecular formula is C17H15ClFN3O3S2. The molecule has 0 spiro atoms. The predicted molar refractivity (Wildman–Crippen MR) is 99.8 cm³/mol. The Bertz CT molecular complexity index is 1050. The Morgan fingerprint density at radius 3 is 2.67 bits per heavy atom. The first-order chi connectivity index (χ1) is 12.9. The molecule has 1 saturated heterocycles. The zero-order valence-corrected chi connectivity index (χ0v) is 16.4. The van der Waals surface area contributed by atoms with E-state index in [0.29, 0.717) is 37.7 Å². The second-order valence-corrected chi connectivity index (χ2v) is 9.34. The van der Waals surface area contributed by atoms with Gasteiger partial charge in [-0.25, -0.2) is 12.8 Å². The van der Waals surface area contributed by atoms with Crippen LogP contribution in [-0.4, -0.2) is 36.0 Å². The fourth-order valence-electron chi connectivity index (χ4n) is 3.03. The van der Waals surface area contributed by atoms with Gasteiger partial charge in [0.2, 0.25) is 21.8 Å². The number of hydrogen-bond donors (Lipinski definition) is 0. The summed E-state index contributed by atoms with van der Waals surface area (Å²) >= 11 is 7.27. The van der Waals surface area contributed by atoms with Crippen LogP contribution in [-0.2, 0) is 10.0 Å². The van der Waals surface area contributed by atoms with Crippen molar-refractivity contribution in [1.29, 1.82) is 0 Å². The second-order valence-electron chi connectivity index (χ2n) is 6.21. The lowest BCUT2D eigenvalue weighted by molar-refractivity contribution is 0.291. The SMILES string of the molecule is O=S(=O)(c1ccc(F)c(Cl)c1)N1CCC(c2nnc(-c3ccsc3)o2)CC1. The molecule has 1 aromatic carbocycles. The van der Waals surface area contributed by atoms with E-state index >= 15 is 0 Å². The Morgan fingerprint density at radius 2 is 2.00 bits per heavy atom. The molecule has 2 aromatic heterocycles. The van der Waals surface area contributed by atoms with Gasteiger partial charge in [-0.05, 0) is 42.5 Å². The Labute approximate surface area is 164 Å². The monoisotopic (exact) mass is 427 g/mol. The van der Waals surface area contributed by atoms with Gasteiger partial charge in [0.25, 0.3) is 0 Å². The van der Waals surface area contributed by atoms with Crippen molar-refractivity contribution in [1.82, 2.24) is 14.5 Å². The molecule has 1 aliphatic heterocycles. The van der Waals surface area contributed by atoms with Crippen molar-refractivity contribution in [3.63, 3.8) is 0 Å². The number of hydrogen-bond acceptors (Lipinski definition) is 6. The first kappa shape index (κ1) is 18.5. The minimum absolute atomic E-state index is 0.00754. The van der Waals surface area contributed by atoms with Gasteiger partial charge in [-0.15, -0.1) is 10.2 Å². The van der Waals surface area contributed by atoms with E-state index < -0.39 is 15.8 Å². The van der Waals surface area contributed by atoms with E-state index in [4.69, 9.17) is 16.0 Å². The van der Waals surface area contributed by atoms with E-state index in [2.05, 4.69) is 10.2 Å². The molecule has 1 aliphatic rings. The van der Waals surface area contributed by atoms with Crippen LogP contribution in [0.4, 0.5) is 4.39 Å². The van der Waals surface area contributed by atoms with Gasteiger partial charge in [-0.1, -0.05) is 11.6 Å². The van der Waals surface area contributed by atoms with Crippen LogP contribution < -0.4 is 0 Å². The number of aromatic nitrogens is 2. The molecule has 1 fully saturated rings. The van der Waals surface area contributed by atoms with Crippen LogP contribution in [0, 0.1) is 5.82 Å². The molecule has 0 amide bonds. The lowest BCUT2D eigenvalue weighted by Crippen LogP contribution is -2.38. The van der Waals surface area contributed by atoms with Crippen molar-refractivity contribution in [3.8, 4) is 11.5 Å². The van der Waals surface area contributed by atoms with Gasteiger partial charge >= 0.3 is 0 Å². The normalized spacial score (nSPS) is 16.7. The summed E-state index contributed by atoms with van der Waals surface area (Å²) in [5, 5.41) is 11.9. The summed E-state index contributed by atoms with van der Waals surface area (Å²) in [6.07, 6.45) is 1.14. The maximum Gasteiger partial charge on any atom is 0.248 e. The fourth-order valence-corrected chi connectivity index (χ4v) is 5.40. The third-order valence-corrected chi connectivity index (χ3v) is 7.41. The van der Waals surface area contributed by atoms with Crippen LogP contribution in [0.1, 0.15) is 24.7 Å². The molecule has 4 rings (SSSR count). The lowest BCUT2D eigenvalue weighted by Gasteiger charge is -2.29. The summed E-state index contributed by atoms with van der Waals surface area (Å²) in [5.41, 5.74) is 0.881. The number of benzene rings is 1. The van der Waals surface area contributed by atoms with Crippen LogP contribution >= 0.6 is 22.9 Å². The van der Waals surface area contributed by atoms with Crippen molar-refractivity contribution in [2.45, 2.75) is 23.7 Å². The summed E-state index contributed by atoms with van der Waals surface area (Å²) in [6, 6.07) is 5.34. The molecule has 142 valence electrons. The van der Waals surface area contributed by atoms with E-state index in [-0.39, 0.29) is 15.8 Å². The van der Waals surface area contributed by atoms with E-state index in [1.54, 1.807) is 11.3 Å². The number of piperidine rings is 1. The van der Waals surface area contributed by atoms with Crippen LogP contribution in [0.3, 0.4) is 0 Å². The highest BCUT2D eigenvalue weighted by atomic mass is 35.5. The average molecular weight is 428 g/mol. The molecule has 10 heteroatoms. The van der Waals surface area contributed by atoms with E-state index in [0.717, 1.165) is 17.7 Å². The molecule has 6 nitrogen and oxygen atoms in total. The molecule has 0 saturated carbocycles. The van der Waals surface area contributed by atoms with Crippen molar-refractivity contribution >= 4 is 33.0 Å². The van der Waals surface area contributed by atoms with Gasteiger partial charge in [0.15, 0.2) is 0 Å². The zero-order chi connectivity index (χ0) is 19.0. The maximum atomic E-state index is 13.3. The van der Waals surface area contributed by atoms with E-state index in [9.17, 15) is 12.8 Å². The first-order valence-corrected chi connectivity index (χ1v) is 11.0. The Morgan fingerprint density at radius 1 is 1.22 bits per heavy atom. The van der Waals surface area contributed by atoms with Crippen molar-refractivity contribution < 1.29 is 17.2 Å². The summed E-state index contributed by atoms with van der Waals surface area (Å²) in [4.78, 5) is -0.00937. The smallest absolute Gasteiger partial charge is 0.248 e. The Balaban J connectivity index is 1.46. The van der Waals surface area contributed by atoms with Gasteiger partial charge in [-0.3, -0.25) is 0 Å². The topological polar surface area (TPSA) is 76.3 Å². The lowest BCUT2D eigenvalue weighted by atomic mass is 9.98. The van der Waals surface area contributed by atoms with Gasteiger partial charge in [-0.2, -0.15) is 15.6 Å². The first-order valence-electron chi connectivity index (χ1n) is 8.26. The molecule has 0 aliphatic carbocycles. The molecule has 3 aromatic rings. The van der Waals surface area contributed by atoms with E-state index in [1.165, 1.54) is 10.4 Å². The molecule has 0 bridgehead atoms. The number of rotatable bonds is 4. The number of nitrogens with zero attached hydrogens (tertiary/aromatic N) is 3. The quantitative estimate of drug-likeness (QED) is 0.624. The molecular weight excluding hydrogens is 413 g/mol. The second kappa shape index (κ2) is 7.31. The molecule has 0 unspecified atom stereocenters. The number of sulfonamides is 1. The largest absolute Gasteiger partial charge is 0.420 e. The third-order valence-electron chi connectivity index (χ3n) is 4.54. The molecule has 3 heterocycles. The highest BCUT2D eigenvalue weighted by molar-refractivity contribution is 7.89. The summed E-state index contributed by atoms with van der Waals surface area (Å²) < 4.78 is 45.9. The number of thiophene rings is 1. The summed E-state index contributed by atoms with van der Waals surface area (Å²) in [7, 11) is -3.72. The Hall–Kier alpha value is -1.81. The molecule has 0 radical (unpaired) electrons. The Kier molecular flexibility index (Phi) is 5.02. The summed E-state index contributed by atoms with van der Waals surface area (Å²) in [6.45, 7) is 0.635. The van der Waals surface area contributed by atoms with Gasteiger partial charge in [0.1, 0.15) is 5.82 Å². The van der Waals surface area contributed by atoms with Crippen LogP contribution in [0.25, 0.3) is 11.5 Å². The standard InChI is InChI=1S/C17H15ClFN3O3S2/c18-14-9-13(1-2-15(14)19)27(23,24)22-6-3-11(4-7-22)16-20-21-17(25-16)12-5-8-26-10-12/h1-2,5,8-11H,3-4,6-7H2. The van der Waals surface area contributed by atoms with Gasteiger partial charge in [0, 0.05) is 30.0 Å². The van der Waals surface area contributed by atoms with Crippen molar-refractivity contribution in [2.75, 3.05) is 13.1 Å². The maximum absolute atomic E-state index is 13.3. The average Bonchev–Trinajstić information content (AvgIpc) is 3.35. The minimum Gasteiger partial charge on any atom is -0.420 e. The highest BCUT2D eigenvalue weighted by Crippen LogP contribution is 2.32. The van der Waals surface area contributed by atoms with Crippen LogP contribution in [0.5, 0.6) is 0 Å². The molecule has 0 N–H and O–H groups in total. The summed E-state index contributed by atoms with van der Waals surface area (Å²) in [5.74, 6) is 0.362. The molecule has 0 atom stereocenters. The molecule has 27 heavy (non-hydrogen) atoms. The van der Waals surface area contributed by atoms with Crippen molar-refractivity contribution in [2.24, 2.45) is 0 Å². The minimum atomic E-state index is -3.72. The predicted octanol–water partition coefficient (Wildman–Crippen LogP) is 4.16. The fraction of sp³-hybridized carbons (Fsp3) is 0.294. The van der Waals surface area contributed by atoms with E-state index in [1.807, 2.05) is 16.8 Å². The van der Waals surface area contributed by atoms with Gasteiger partial charge < -0.3 is 4.42 Å². The van der Waals surface area contributed by atoms with Crippen LogP contribution in [0.2, 0.25) is 5.02 Å². The third kappa shape index (κ3) is 3.64.